The van der Waals surface area contributed by atoms with Crippen LogP contribution in [0.2, 0.25) is 0 Å². The van der Waals surface area contributed by atoms with Crippen molar-refractivity contribution in [2.45, 2.75) is 70.0 Å². The molecule has 3 aromatic carbocycles. The Labute approximate surface area is 260 Å². The van der Waals surface area contributed by atoms with Crippen molar-refractivity contribution >= 4 is 27.5 Å². The maximum atomic E-state index is 14.0. The van der Waals surface area contributed by atoms with Crippen LogP contribution in [0, 0.1) is 5.82 Å². The SMILES string of the molecule is COc1cccc(N(CCCC(=O)N(Cc2ccc(F)cc2)[C@H](Cc2ccccc2)C(=O)NC2CCCCC2)S(C)(=O)=O)c1. The van der Waals surface area contributed by atoms with E-state index in [0.717, 1.165) is 43.9 Å². The van der Waals surface area contributed by atoms with Crippen molar-refractivity contribution in [2.75, 3.05) is 24.2 Å². The number of carbonyl (C=O) groups is 2. The molecule has 1 aliphatic rings. The van der Waals surface area contributed by atoms with Crippen molar-refractivity contribution in [3.05, 3.63) is 95.8 Å². The van der Waals surface area contributed by atoms with E-state index in [1.54, 1.807) is 41.3 Å². The van der Waals surface area contributed by atoms with Crippen LogP contribution in [0.5, 0.6) is 5.75 Å². The van der Waals surface area contributed by atoms with Crippen LogP contribution in [0.25, 0.3) is 0 Å². The second-order valence-electron chi connectivity index (χ2n) is 11.3. The molecule has 1 N–H and O–H groups in total. The van der Waals surface area contributed by atoms with Gasteiger partial charge in [0.15, 0.2) is 0 Å². The number of hydrogen-bond donors (Lipinski definition) is 1. The summed E-state index contributed by atoms with van der Waals surface area (Å²) in [5.74, 6) is -0.371. The highest BCUT2D eigenvalue weighted by atomic mass is 32.2. The van der Waals surface area contributed by atoms with Gasteiger partial charge in [-0.05, 0) is 54.7 Å². The largest absolute Gasteiger partial charge is 0.497 e. The molecule has 3 aromatic rings. The number of ether oxygens (including phenoxy) is 1. The Kier molecular flexibility index (Phi) is 11.8. The topological polar surface area (TPSA) is 96.0 Å². The number of halogens is 1. The van der Waals surface area contributed by atoms with Crippen LogP contribution in [-0.2, 0) is 32.6 Å². The predicted octanol–water partition coefficient (Wildman–Crippen LogP) is 5.47. The van der Waals surface area contributed by atoms with Gasteiger partial charge in [-0.15, -0.1) is 0 Å². The van der Waals surface area contributed by atoms with Crippen LogP contribution in [0.4, 0.5) is 10.1 Å². The summed E-state index contributed by atoms with van der Waals surface area (Å²) < 4.78 is 45.7. The van der Waals surface area contributed by atoms with E-state index in [0.29, 0.717) is 23.4 Å². The van der Waals surface area contributed by atoms with Gasteiger partial charge >= 0.3 is 0 Å². The first-order chi connectivity index (χ1) is 21.1. The van der Waals surface area contributed by atoms with E-state index < -0.39 is 16.1 Å². The number of amides is 2. The number of anilines is 1. The molecule has 1 atom stereocenters. The quantitative estimate of drug-likeness (QED) is 0.257. The summed E-state index contributed by atoms with van der Waals surface area (Å²) in [6.07, 6.45) is 6.74. The summed E-state index contributed by atoms with van der Waals surface area (Å²) in [5.41, 5.74) is 2.04. The number of nitrogens with one attached hydrogen (secondary N) is 1. The molecule has 4 rings (SSSR count). The molecule has 236 valence electrons. The van der Waals surface area contributed by atoms with E-state index in [-0.39, 0.29) is 49.6 Å². The summed E-state index contributed by atoms with van der Waals surface area (Å²) in [7, 11) is -2.14. The Balaban J connectivity index is 1.58. The van der Waals surface area contributed by atoms with Crippen molar-refractivity contribution in [1.82, 2.24) is 10.2 Å². The molecule has 0 aromatic heterocycles. The van der Waals surface area contributed by atoms with E-state index in [1.807, 2.05) is 30.3 Å². The molecule has 0 aliphatic heterocycles. The number of benzene rings is 3. The molecule has 1 aliphatic carbocycles. The first kappa shape index (κ1) is 33.0. The monoisotopic (exact) mass is 623 g/mol. The summed E-state index contributed by atoms with van der Waals surface area (Å²) >= 11 is 0. The average Bonchev–Trinajstić information content (AvgIpc) is 3.02. The summed E-state index contributed by atoms with van der Waals surface area (Å²) in [4.78, 5) is 29.5. The predicted molar refractivity (Wildman–Crippen MR) is 170 cm³/mol. The van der Waals surface area contributed by atoms with Gasteiger partial charge in [0.25, 0.3) is 0 Å². The van der Waals surface area contributed by atoms with Crippen LogP contribution >= 0.6 is 0 Å². The number of carbonyl (C=O) groups excluding carboxylic acids is 2. The lowest BCUT2D eigenvalue weighted by Crippen LogP contribution is -2.52. The molecule has 0 saturated heterocycles. The molecule has 0 bridgehead atoms. The molecular formula is C34H42FN3O5S. The molecule has 8 nitrogen and oxygen atoms in total. The zero-order valence-electron chi connectivity index (χ0n) is 25.5. The second-order valence-corrected chi connectivity index (χ2v) is 13.2. The highest BCUT2D eigenvalue weighted by Crippen LogP contribution is 2.25. The van der Waals surface area contributed by atoms with Crippen molar-refractivity contribution in [1.29, 1.82) is 0 Å². The third kappa shape index (κ3) is 9.54. The summed E-state index contributed by atoms with van der Waals surface area (Å²) in [6, 6.07) is 21.5. The maximum Gasteiger partial charge on any atom is 0.243 e. The van der Waals surface area contributed by atoms with Crippen LogP contribution in [0.15, 0.2) is 78.9 Å². The molecule has 0 heterocycles. The Morgan fingerprint density at radius 1 is 0.955 bits per heavy atom. The number of methoxy groups -OCH3 is 1. The molecule has 10 heteroatoms. The minimum Gasteiger partial charge on any atom is -0.497 e. The fourth-order valence-electron chi connectivity index (χ4n) is 5.65. The zero-order chi connectivity index (χ0) is 31.5. The van der Waals surface area contributed by atoms with E-state index in [1.165, 1.54) is 23.5 Å². The molecule has 1 fully saturated rings. The van der Waals surface area contributed by atoms with Crippen LogP contribution in [0.1, 0.15) is 56.1 Å². The van der Waals surface area contributed by atoms with Gasteiger partial charge in [-0.1, -0.05) is 67.8 Å². The van der Waals surface area contributed by atoms with Crippen molar-refractivity contribution in [3.63, 3.8) is 0 Å². The van der Waals surface area contributed by atoms with Gasteiger partial charge in [-0.2, -0.15) is 0 Å². The van der Waals surface area contributed by atoms with Crippen molar-refractivity contribution in [2.24, 2.45) is 0 Å². The van der Waals surface area contributed by atoms with Gasteiger partial charge in [0, 0.05) is 38.0 Å². The fraction of sp³-hybridized carbons (Fsp3) is 0.412. The smallest absolute Gasteiger partial charge is 0.243 e. The minimum absolute atomic E-state index is 0.0131. The molecular weight excluding hydrogens is 581 g/mol. The Morgan fingerprint density at radius 2 is 1.66 bits per heavy atom. The van der Waals surface area contributed by atoms with Gasteiger partial charge < -0.3 is 15.0 Å². The lowest BCUT2D eigenvalue weighted by atomic mass is 9.94. The van der Waals surface area contributed by atoms with Crippen molar-refractivity contribution in [3.8, 4) is 5.75 Å². The first-order valence-corrected chi connectivity index (χ1v) is 17.0. The lowest BCUT2D eigenvalue weighted by Gasteiger charge is -2.34. The van der Waals surface area contributed by atoms with Crippen molar-refractivity contribution < 1.29 is 27.1 Å². The third-order valence-electron chi connectivity index (χ3n) is 7.98. The van der Waals surface area contributed by atoms with E-state index in [9.17, 15) is 22.4 Å². The molecule has 44 heavy (non-hydrogen) atoms. The van der Waals surface area contributed by atoms with E-state index >= 15 is 0 Å². The van der Waals surface area contributed by atoms with Gasteiger partial charge in [-0.3, -0.25) is 13.9 Å². The van der Waals surface area contributed by atoms with Crippen LogP contribution in [0.3, 0.4) is 0 Å². The molecule has 2 amide bonds. The molecule has 0 spiro atoms. The maximum absolute atomic E-state index is 14.0. The zero-order valence-corrected chi connectivity index (χ0v) is 26.3. The van der Waals surface area contributed by atoms with Gasteiger partial charge in [-0.25, -0.2) is 12.8 Å². The average molecular weight is 624 g/mol. The highest BCUT2D eigenvalue weighted by Gasteiger charge is 2.32. The van der Waals surface area contributed by atoms with Gasteiger partial charge in [0.05, 0.1) is 19.1 Å². The number of rotatable bonds is 14. The summed E-state index contributed by atoms with van der Waals surface area (Å²) in [6.45, 7) is 0.181. The minimum atomic E-state index is -3.65. The Hall–Kier alpha value is -3.92. The van der Waals surface area contributed by atoms with E-state index in [2.05, 4.69) is 5.32 Å². The van der Waals surface area contributed by atoms with Gasteiger partial charge in [0.1, 0.15) is 17.6 Å². The number of hydrogen-bond acceptors (Lipinski definition) is 5. The fourth-order valence-corrected chi connectivity index (χ4v) is 6.61. The summed E-state index contributed by atoms with van der Waals surface area (Å²) in [5, 5.41) is 3.20. The standard InChI is InChI=1S/C34H42FN3O5S/c1-43-31-16-9-15-30(24-31)38(44(2,41)42)22-10-17-33(39)37(25-27-18-20-28(35)21-19-27)32(23-26-11-5-3-6-12-26)34(40)36-29-13-7-4-8-14-29/h3,5-6,9,11-12,15-16,18-21,24,29,32H,4,7-8,10,13-14,17,22-23,25H2,1-2H3,(H,36,40)/t32-/m1/s1. The molecule has 1 saturated carbocycles. The number of nitrogens with zero attached hydrogens (tertiary/aromatic N) is 2. The van der Waals surface area contributed by atoms with Crippen LogP contribution in [-0.4, -0.2) is 57.1 Å². The Bertz CT molecular complexity index is 1480. The normalized spacial score (nSPS) is 14.4. The highest BCUT2D eigenvalue weighted by molar-refractivity contribution is 7.92. The first-order valence-electron chi connectivity index (χ1n) is 15.1. The van der Waals surface area contributed by atoms with Crippen LogP contribution < -0.4 is 14.4 Å². The third-order valence-corrected chi connectivity index (χ3v) is 9.18. The molecule has 0 unspecified atom stereocenters. The lowest BCUT2D eigenvalue weighted by molar-refractivity contribution is -0.141. The van der Waals surface area contributed by atoms with Gasteiger partial charge in [0.2, 0.25) is 21.8 Å². The molecule has 0 radical (unpaired) electrons. The Morgan fingerprint density at radius 3 is 2.32 bits per heavy atom. The second kappa shape index (κ2) is 15.7. The number of sulfonamides is 1. The van der Waals surface area contributed by atoms with E-state index in [4.69, 9.17) is 4.74 Å².